The molecule has 0 aliphatic carbocycles. The number of nitrogens with two attached hydrogens (primary N) is 1. The van der Waals surface area contributed by atoms with E-state index in [4.69, 9.17) is 17.3 Å². The van der Waals surface area contributed by atoms with Gasteiger partial charge in [0.05, 0.1) is 5.56 Å². The van der Waals surface area contributed by atoms with Gasteiger partial charge in [-0.1, -0.05) is 11.6 Å². The predicted octanol–water partition coefficient (Wildman–Crippen LogP) is 3.74. The molecule has 2 N–H and O–H groups in total. The largest absolute Gasteiger partial charge is 0.398 e. The van der Waals surface area contributed by atoms with Crippen molar-refractivity contribution in [3.8, 4) is 0 Å². The number of halogens is 3. The normalized spacial score (nSPS) is 10.5. The van der Waals surface area contributed by atoms with Gasteiger partial charge in [-0.25, -0.2) is 8.78 Å². The van der Waals surface area contributed by atoms with Crippen LogP contribution in [0.15, 0.2) is 30.3 Å². The van der Waals surface area contributed by atoms with E-state index in [1.807, 2.05) is 0 Å². The quantitative estimate of drug-likeness (QED) is 0.673. The number of anilines is 1. The standard InChI is InChI=1S/C14H10ClF2NO/c1-7-4-9(12(17)6-11(7)16)14(19)10-5-8(15)2-3-13(10)18/h2-6H,18H2,1H3. The second kappa shape index (κ2) is 4.97. The summed E-state index contributed by atoms with van der Waals surface area (Å²) >= 11 is 5.78. The Morgan fingerprint density at radius 3 is 2.47 bits per heavy atom. The van der Waals surface area contributed by atoms with Crippen molar-refractivity contribution in [3.63, 3.8) is 0 Å². The third kappa shape index (κ3) is 2.58. The Morgan fingerprint density at radius 1 is 1.11 bits per heavy atom. The molecule has 0 spiro atoms. The Kier molecular flexibility index (Phi) is 3.53. The number of carbonyl (C=O) groups excluding carboxylic acids is 1. The molecular weight excluding hydrogens is 272 g/mol. The van der Waals surface area contributed by atoms with Crippen molar-refractivity contribution < 1.29 is 13.6 Å². The number of nitrogen functional groups attached to an aromatic ring is 1. The highest BCUT2D eigenvalue weighted by Gasteiger charge is 2.18. The number of aryl methyl sites for hydroxylation is 1. The van der Waals surface area contributed by atoms with Crippen LogP contribution >= 0.6 is 11.6 Å². The molecule has 0 saturated heterocycles. The van der Waals surface area contributed by atoms with Gasteiger partial charge < -0.3 is 5.73 Å². The van der Waals surface area contributed by atoms with E-state index in [2.05, 4.69) is 0 Å². The molecule has 0 aromatic heterocycles. The van der Waals surface area contributed by atoms with Crippen LogP contribution in [-0.4, -0.2) is 5.78 Å². The molecule has 0 fully saturated rings. The van der Waals surface area contributed by atoms with E-state index in [1.54, 1.807) is 0 Å². The summed E-state index contributed by atoms with van der Waals surface area (Å²) in [6, 6.07) is 6.19. The first-order valence-corrected chi connectivity index (χ1v) is 5.83. The van der Waals surface area contributed by atoms with E-state index in [9.17, 15) is 13.6 Å². The van der Waals surface area contributed by atoms with E-state index < -0.39 is 17.4 Å². The average molecular weight is 282 g/mol. The summed E-state index contributed by atoms with van der Waals surface area (Å²) in [7, 11) is 0. The highest BCUT2D eigenvalue weighted by atomic mass is 35.5. The molecule has 0 amide bonds. The lowest BCUT2D eigenvalue weighted by Crippen LogP contribution is -2.08. The Balaban J connectivity index is 2.56. The zero-order chi connectivity index (χ0) is 14.2. The molecule has 98 valence electrons. The molecule has 2 aromatic carbocycles. The smallest absolute Gasteiger partial charge is 0.198 e. The zero-order valence-corrected chi connectivity index (χ0v) is 10.8. The maximum atomic E-state index is 13.7. The van der Waals surface area contributed by atoms with E-state index in [1.165, 1.54) is 25.1 Å². The van der Waals surface area contributed by atoms with Crippen LogP contribution in [-0.2, 0) is 0 Å². The van der Waals surface area contributed by atoms with Crippen LogP contribution in [0, 0.1) is 18.6 Å². The Morgan fingerprint density at radius 2 is 1.79 bits per heavy atom. The van der Waals surface area contributed by atoms with E-state index in [-0.39, 0.29) is 22.4 Å². The molecule has 5 heteroatoms. The molecule has 0 unspecified atom stereocenters. The van der Waals surface area contributed by atoms with Crippen molar-refractivity contribution in [2.45, 2.75) is 6.92 Å². The monoisotopic (exact) mass is 281 g/mol. The van der Waals surface area contributed by atoms with Gasteiger partial charge in [0.25, 0.3) is 0 Å². The second-order valence-corrected chi connectivity index (χ2v) is 4.58. The van der Waals surface area contributed by atoms with Crippen molar-refractivity contribution in [2.75, 3.05) is 5.73 Å². The molecule has 19 heavy (non-hydrogen) atoms. The van der Waals surface area contributed by atoms with Gasteiger partial charge in [0, 0.05) is 22.3 Å². The van der Waals surface area contributed by atoms with Gasteiger partial charge in [0.2, 0.25) is 0 Å². The fourth-order valence-corrected chi connectivity index (χ4v) is 1.87. The van der Waals surface area contributed by atoms with Crippen molar-refractivity contribution in [1.29, 1.82) is 0 Å². The molecule has 2 aromatic rings. The lowest BCUT2D eigenvalue weighted by molar-refractivity contribution is 0.103. The average Bonchev–Trinajstić information content (AvgIpc) is 2.36. The fourth-order valence-electron chi connectivity index (χ4n) is 1.70. The number of benzene rings is 2. The van der Waals surface area contributed by atoms with Gasteiger partial charge in [-0.3, -0.25) is 4.79 Å². The fraction of sp³-hybridized carbons (Fsp3) is 0.0714. The van der Waals surface area contributed by atoms with Gasteiger partial charge in [-0.05, 0) is 36.8 Å². The van der Waals surface area contributed by atoms with Crippen LogP contribution in [0.3, 0.4) is 0 Å². The zero-order valence-electron chi connectivity index (χ0n) is 10.0. The maximum Gasteiger partial charge on any atom is 0.198 e. The summed E-state index contributed by atoms with van der Waals surface area (Å²) in [4.78, 5) is 12.2. The maximum absolute atomic E-state index is 13.7. The molecule has 2 nitrogen and oxygen atoms in total. The third-order valence-corrected chi connectivity index (χ3v) is 2.99. The van der Waals surface area contributed by atoms with Crippen LogP contribution < -0.4 is 5.73 Å². The van der Waals surface area contributed by atoms with Gasteiger partial charge in [0.1, 0.15) is 11.6 Å². The first-order valence-electron chi connectivity index (χ1n) is 5.45. The molecule has 0 bridgehead atoms. The number of hydrogen-bond acceptors (Lipinski definition) is 2. The molecule has 0 atom stereocenters. The summed E-state index contributed by atoms with van der Waals surface area (Å²) in [6.07, 6.45) is 0. The van der Waals surface area contributed by atoms with Crippen LogP contribution in [0.1, 0.15) is 21.5 Å². The lowest BCUT2D eigenvalue weighted by Gasteiger charge is -2.08. The topological polar surface area (TPSA) is 43.1 Å². The van der Waals surface area contributed by atoms with Crippen LogP contribution in [0.5, 0.6) is 0 Å². The summed E-state index contributed by atoms with van der Waals surface area (Å²) in [6.45, 7) is 1.45. The van der Waals surface area contributed by atoms with E-state index in [0.29, 0.717) is 11.1 Å². The summed E-state index contributed by atoms with van der Waals surface area (Å²) in [5.41, 5.74) is 5.91. The Bertz CT molecular complexity index is 671. The Labute approximate surface area is 113 Å². The second-order valence-electron chi connectivity index (χ2n) is 4.14. The van der Waals surface area contributed by atoms with Gasteiger partial charge >= 0.3 is 0 Å². The molecule has 0 heterocycles. The van der Waals surface area contributed by atoms with Crippen molar-refractivity contribution in [2.24, 2.45) is 0 Å². The number of hydrogen-bond donors (Lipinski definition) is 1. The minimum absolute atomic E-state index is 0.0948. The molecule has 2 rings (SSSR count). The third-order valence-electron chi connectivity index (χ3n) is 2.75. The van der Waals surface area contributed by atoms with E-state index >= 15 is 0 Å². The molecule has 0 saturated carbocycles. The predicted molar refractivity (Wildman–Crippen MR) is 70.4 cm³/mol. The molecule has 0 radical (unpaired) electrons. The van der Waals surface area contributed by atoms with Crippen LogP contribution in [0.2, 0.25) is 5.02 Å². The van der Waals surface area contributed by atoms with Gasteiger partial charge in [0.15, 0.2) is 5.78 Å². The summed E-state index contributed by atoms with van der Waals surface area (Å²) in [5.74, 6) is -2.25. The van der Waals surface area contributed by atoms with Crippen molar-refractivity contribution in [3.05, 3.63) is 63.7 Å². The van der Waals surface area contributed by atoms with Crippen LogP contribution in [0.25, 0.3) is 0 Å². The summed E-state index contributed by atoms with van der Waals surface area (Å²) in [5, 5.41) is 0.316. The summed E-state index contributed by atoms with van der Waals surface area (Å²) < 4.78 is 26.8. The van der Waals surface area contributed by atoms with Crippen molar-refractivity contribution >= 4 is 23.1 Å². The first kappa shape index (κ1) is 13.5. The molecule has 0 aliphatic rings. The van der Waals surface area contributed by atoms with Gasteiger partial charge in [-0.2, -0.15) is 0 Å². The highest BCUT2D eigenvalue weighted by Crippen LogP contribution is 2.23. The van der Waals surface area contributed by atoms with Gasteiger partial charge in [-0.15, -0.1) is 0 Å². The minimum atomic E-state index is -0.924. The molecular formula is C14H10ClF2NO. The first-order chi connectivity index (χ1) is 8.90. The number of carbonyl (C=O) groups is 1. The van der Waals surface area contributed by atoms with Crippen LogP contribution in [0.4, 0.5) is 14.5 Å². The molecule has 0 aliphatic heterocycles. The highest BCUT2D eigenvalue weighted by molar-refractivity contribution is 6.31. The lowest BCUT2D eigenvalue weighted by atomic mass is 9.99. The SMILES string of the molecule is Cc1cc(C(=O)c2cc(Cl)ccc2N)c(F)cc1F. The minimum Gasteiger partial charge on any atom is -0.398 e. The number of ketones is 1. The number of rotatable bonds is 2. The van der Waals surface area contributed by atoms with Crippen molar-refractivity contribution in [1.82, 2.24) is 0 Å². The van der Waals surface area contributed by atoms with E-state index in [0.717, 1.165) is 6.07 Å². The Hall–Kier alpha value is -1.94.